The Balaban J connectivity index is 1.64. The molecular weight excluding hydrogens is 476 g/mol. The maximum Gasteiger partial charge on any atom is 0.325 e. The van der Waals surface area contributed by atoms with Crippen LogP contribution in [-0.4, -0.2) is 31.4 Å². The van der Waals surface area contributed by atoms with Crippen LogP contribution < -0.4 is 15.4 Å². The zero-order valence-electron chi connectivity index (χ0n) is 17.3. The molecule has 0 saturated carbocycles. The summed E-state index contributed by atoms with van der Waals surface area (Å²) in [4.78, 5) is 36.0. The molecule has 0 radical (unpaired) electrons. The Morgan fingerprint density at radius 1 is 0.875 bits per heavy atom. The van der Waals surface area contributed by atoms with E-state index in [-0.39, 0.29) is 12.5 Å². The fourth-order valence-electron chi connectivity index (χ4n) is 2.78. The minimum Gasteiger partial charge on any atom is -0.488 e. The van der Waals surface area contributed by atoms with Crippen molar-refractivity contribution in [3.8, 4) is 5.75 Å². The monoisotopic (exact) mass is 496 g/mol. The summed E-state index contributed by atoms with van der Waals surface area (Å²) in [5.41, 5.74) is 2.22. The van der Waals surface area contributed by atoms with Crippen LogP contribution in [0.3, 0.4) is 0 Å². The maximum absolute atomic E-state index is 12.8. The van der Waals surface area contributed by atoms with Crippen LogP contribution in [-0.2, 0) is 16.1 Å². The van der Waals surface area contributed by atoms with E-state index in [0.29, 0.717) is 29.2 Å². The number of para-hydroxylation sites is 1. The second-order valence-corrected chi connectivity index (χ2v) is 7.52. The SMILES string of the molecule is COC(=O)CNC(=O)c1ccc(NC(=O)c2ccccc2OCc2ccccc2Br)cc1. The third-order valence-corrected chi connectivity index (χ3v) is 5.27. The van der Waals surface area contributed by atoms with Crippen LogP contribution in [0.4, 0.5) is 5.69 Å². The number of anilines is 1. The molecule has 3 aromatic rings. The van der Waals surface area contributed by atoms with Crippen LogP contribution in [0.1, 0.15) is 26.3 Å². The summed E-state index contributed by atoms with van der Waals surface area (Å²) >= 11 is 3.49. The number of rotatable bonds is 8. The van der Waals surface area contributed by atoms with Gasteiger partial charge in [-0.05, 0) is 42.5 Å². The topological polar surface area (TPSA) is 93.7 Å². The molecular formula is C24H21BrN2O5. The highest BCUT2D eigenvalue weighted by Crippen LogP contribution is 2.23. The number of halogens is 1. The largest absolute Gasteiger partial charge is 0.488 e. The lowest BCUT2D eigenvalue weighted by atomic mass is 10.1. The Morgan fingerprint density at radius 3 is 2.28 bits per heavy atom. The number of amides is 2. The molecule has 0 aliphatic rings. The van der Waals surface area contributed by atoms with E-state index in [9.17, 15) is 14.4 Å². The zero-order chi connectivity index (χ0) is 22.9. The van der Waals surface area contributed by atoms with Gasteiger partial charge in [0.15, 0.2) is 0 Å². The summed E-state index contributed by atoms with van der Waals surface area (Å²) in [7, 11) is 1.25. The molecule has 2 N–H and O–H groups in total. The van der Waals surface area contributed by atoms with E-state index >= 15 is 0 Å². The third-order valence-electron chi connectivity index (χ3n) is 4.50. The zero-order valence-corrected chi connectivity index (χ0v) is 18.8. The molecule has 0 fully saturated rings. The standard InChI is InChI=1S/C24H21BrN2O5/c1-31-22(28)14-26-23(29)16-10-12-18(13-11-16)27-24(30)19-7-3-5-9-21(19)32-15-17-6-2-4-8-20(17)25/h2-13H,14-15H2,1H3,(H,26,29)(H,27,30). The number of hydrogen-bond donors (Lipinski definition) is 2. The Bertz CT molecular complexity index is 1120. The number of ether oxygens (including phenoxy) is 2. The highest BCUT2D eigenvalue weighted by molar-refractivity contribution is 9.10. The van der Waals surface area contributed by atoms with Crippen molar-refractivity contribution < 1.29 is 23.9 Å². The molecule has 3 aromatic carbocycles. The average Bonchev–Trinajstić information content (AvgIpc) is 2.82. The summed E-state index contributed by atoms with van der Waals surface area (Å²) in [6.45, 7) is 0.0885. The molecule has 8 heteroatoms. The van der Waals surface area contributed by atoms with Crippen LogP contribution >= 0.6 is 15.9 Å². The van der Waals surface area contributed by atoms with Crippen molar-refractivity contribution in [3.05, 3.63) is 94.0 Å². The highest BCUT2D eigenvalue weighted by Gasteiger charge is 2.14. The predicted molar refractivity (Wildman–Crippen MR) is 124 cm³/mol. The summed E-state index contributed by atoms with van der Waals surface area (Å²) in [5.74, 6) is -0.836. The van der Waals surface area contributed by atoms with E-state index in [0.717, 1.165) is 10.0 Å². The molecule has 0 bridgehead atoms. The van der Waals surface area contributed by atoms with Gasteiger partial charge in [0, 0.05) is 21.3 Å². The second kappa shape index (κ2) is 11.1. The summed E-state index contributed by atoms with van der Waals surface area (Å²) in [5, 5.41) is 5.25. The molecule has 0 aliphatic carbocycles. The number of methoxy groups -OCH3 is 1. The number of carbonyl (C=O) groups is 3. The van der Waals surface area contributed by atoms with E-state index in [4.69, 9.17) is 4.74 Å². The van der Waals surface area contributed by atoms with Gasteiger partial charge in [0.1, 0.15) is 18.9 Å². The van der Waals surface area contributed by atoms with Crippen LogP contribution in [0.2, 0.25) is 0 Å². The van der Waals surface area contributed by atoms with Crippen molar-refractivity contribution in [2.45, 2.75) is 6.61 Å². The van der Waals surface area contributed by atoms with Crippen LogP contribution in [0.15, 0.2) is 77.3 Å². The molecule has 7 nitrogen and oxygen atoms in total. The lowest BCUT2D eigenvalue weighted by molar-refractivity contribution is -0.139. The number of esters is 1. The van der Waals surface area contributed by atoms with Crippen molar-refractivity contribution in [1.29, 1.82) is 0 Å². The van der Waals surface area contributed by atoms with Crippen molar-refractivity contribution in [2.75, 3.05) is 19.0 Å². The molecule has 164 valence electrons. The van der Waals surface area contributed by atoms with E-state index in [2.05, 4.69) is 31.3 Å². The molecule has 2 amide bonds. The number of carbonyl (C=O) groups excluding carboxylic acids is 3. The number of benzene rings is 3. The molecule has 0 unspecified atom stereocenters. The fourth-order valence-corrected chi connectivity index (χ4v) is 3.18. The van der Waals surface area contributed by atoms with Crippen molar-refractivity contribution in [1.82, 2.24) is 5.32 Å². The Morgan fingerprint density at radius 2 is 1.56 bits per heavy atom. The lowest BCUT2D eigenvalue weighted by Crippen LogP contribution is -2.30. The smallest absolute Gasteiger partial charge is 0.325 e. The Labute approximate surface area is 193 Å². The van der Waals surface area contributed by atoms with E-state index in [1.165, 1.54) is 7.11 Å². The molecule has 0 heterocycles. The van der Waals surface area contributed by atoms with E-state index in [1.807, 2.05) is 24.3 Å². The quantitative estimate of drug-likeness (QED) is 0.456. The van der Waals surface area contributed by atoms with Crippen LogP contribution in [0.5, 0.6) is 5.75 Å². The molecule has 0 saturated heterocycles. The van der Waals surface area contributed by atoms with Crippen molar-refractivity contribution >= 4 is 39.4 Å². The highest BCUT2D eigenvalue weighted by atomic mass is 79.9. The van der Waals surface area contributed by atoms with Gasteiger partial charge in [-0.1, -0.05) is 46.3 Å². The van der Waals surface area contributed by atoms with Crippen LogP contribution in [0, 0.1) is 0 Å². The third kappa shape index (κ3) is 6.18. The van der Waals surface area contributed by atoms with Gasteiger partial charge >= 0.3 is 5.97 Å². The Kier molecular flexibility index (Phi) is 7.99. The normalized spacial score (nSPS) is 10.2. The summed E-state index contributed by atoms with van der Waals surface area (Å²) < 4.78 is 11.3. The van der Waals surface area contributed by atoms with Crippen molar-refractivity contribution in [2.24, 2.45) is 0 Å². The predicted octanol–water partition coefficient (Wildman–Crippen LogP) is 4.18. The first-order chi connectivity index (χ1) is 15.5. The maximum atomic E-state index is 12.8. The molecule has 32 heavy (non-hydrogen) atoms. The molecule has 0 atom stereocenters. The molecule has 0 aromatic heterocycles. The first kappa shape index (κ1) is 23.0. The van der Waals surface area contributed by atoms with E-state index in [1.54, 1.807) is 48.5 Å². The summed E-state index contributed by atoms with van der Waals surface area (Å²) in [6, 6.07) is 21.0. The van der Waals surface area contributed by atoms with Crippen molar-refractivity contribution in [3.63, 3.8) is 0 Å². The second-order valence-electron chi connectivity index (χ2n) is 6.67. The van der Waals surface area contributed by atoms with Gasteiger partial charge in [-0.15, -0.1) is 0 Å². The van der Waals surface area contributed by atoms with Gasteiger partial charge in [-0.2, -0.15) is 0 Å². The van der Waals surface area contributed by atoms with Gasteiger partial charge < -0.3 is 20.1 Å². The lowest BCUT2D eigenvalue weighted by Gasteiger charge is -2.13. The fraction of sp³-hybridized carbons (Fsp3) is 0.125. The van der Waals surface area contributed by atoms with Gasteiger partial charge in [-0.3, -0.25) is 14.4 Å². The van der Waals surface area contributed by atoms with Gasteiger partial charge in [-0.25, -0.2) is 0 Å². The molecule has 0 spiro atoms. The van der Waals surface area contributed by atoms with Gasteiger partial charge in [0.25, 0.3) is 11.8 Å². The van der Waals surface area contributed by atoms with Gasteiger partial charge in [0.2, 0.25) is 0 Å². The first-order valence-corrected chi connectivity index (χ1v) is 10.5. The first-order valence-electron chi connectivity index (χ1n) is 9.69. The summed E-state index contributed by atoms with van der Waals surface area (Å²) in [6.07, 6.45) is 0. The minimum atomic E-state index is -0.539. The van der Waals surface area contributed by atoms with Gasteiger partial charge in [0.05, 0.1) is 12.7 Å². The average molecular weight is 497 g/mol. The Hall–Kier alpha value is -3.65. The minimum absolute atomic E-state index is 0.218. The number of nitrogens with one attached hydrogen (secondary N) is 2. The number of hydrogen-bond acceptors (Lipinski definition) is 5. The van der Waals surface area contributed by atoms with Crippen LogP contribution in [0.25, 0.3) is 0 Å². The molecule has 0 aliphatic heterocycles. The molecule has 3 rings (SSSR count). The van der Waals surface area contributed by atoms with E-state index < -0.39 is 11.9 Å².